The molecule has 1 fully saturated rings. The highest BCUT2D eigenvalue weighted by atomic mass is 16.5. The third-order valence-corrected chi connectivity index (χ3v) is 3.46. The van der Waals surface area contributed by atoms with Gasteiger partial charge >= 0.3 is 0 Å². The number of likely N-dealkylation sites (tertiary alicyclic amines) is 1. The number of nitrogens with one attached hydrogen (secondary N) is 1. The minimum Gasteiger partial charge on any atom is -0.394 e. The Labute approximate surface area is 110 Å². The summed E-state index contributed by atoms with van der Waals surface area (Å²) in [5.74, 6) is 0. The molecule has 0 aromatic heterocycles. The van der Waals surface area contributed by atoms with E-state index in [9.17, 15) is 5.11 Å². The van der Waals surface area contributed by atoms with Gasteiger partial charge in [0.2, 0.25) is 0 Å². The smallest absolute Gasteiger partial charge is 0.0971 e. The summed E-state index contributed by atoms with van der Waals surface area (Å²) in [5, 5.41) is 13.0. The van der Waals surface area contributed by atoms with Crippen LogP contribution in [-0.2, 0) is 9.47 Å². The van der Waals surface area contributed by atoms with Crippen molar-refractivity contribution in [3.8, 4) is 0 Å². The third kappa shape index (κ3) is 4.17. The Morgan fingerprint density at radius 3 is 2.11 bits per heavy atom. The Hall–Kier alpha value is -0.200. The molecular weight excluding hydrogens is 232 g/mol. The number of hydrogen-bond donors (Lipinski definition) is 2. The summed E-state index contributed by atoms with van der Waals surface area (Å²) in [4.78, 5) is 2.29. The van der Waals surface area contributed by atoms with Gasteiger partial charge < -0.3 is 19.9 Å². The van der Waals surface area contributed by atoms with E-state index in [4.69, 9.17) is 9.47 Å². The fraction of sp³-hybridized carbons (Fsp3) is 1.00. The van der Waals surface area contributed by atoms with E-state index in [1.807, 2.05) is 0 Å². The fourth-order valence-corrected chi connectivity index (χ4v) is 2.73. The van der Waals surface area contributed by atoms with E-state index in [0.717, 1.165) is 19.6 Å². The minimum absolute atomic E-state index is 0.122. The monoisotopic (exact) mass is 260 g/mol. The summed E-state index contributed by atoms with van der Waals surface area (Å²) in [5.41, 5.74) is -0.283. The van der Waals surface area contributed by atoms with Crippen LogP contribution in [0.2, 0.25) is 0 Å². The van der Waals surface area contributed by atoms with E-state index in [1.54, 1.807) is 14.2 Å². The summed E-state index contributed by atoms with van der Waals surface area (Å²) in [7, 11) is 3.44. The lowest BCUT2D eigenvalue weighted by molar-refractivity contribution is -0.00461. The lowest BCUT2D eigenvalue weighted by Gasteiger charge is -2.35. The second-order valence-electron chi connectivity index (χ2n) is 5.76. The molecule has 0 amide bonds. The van der Waals surface area contributed by atoms with Crippen molar-refractivity contribution in [3.63, 3.8) is 0 Å². The maximum absolute atomic E-state index is 9.59. The summed E-state index contributed by atoms with van der Waals surface area (Å²) in [6.45, 7) is 8.85. The van der Waals surface area contributed by atoms with Gasteiger partial charge in [0.05, 0.1) is 24.4 Å². The quantitative estimate of drug-likeness (QED) is 0.679. The highest BCUT2D eigenvalue weighted by Crippen LogP contribution is 2.18. The van der Waals surface area contributed by atoms with E-state index in [2.05, 4.69) is 31.0 Å². The molecule has 3 atom stereocenters. The molecule has 0 radical (unpaired) electrons. The van der Waals surface area contributed by atoms with Crippen LogP contribution in [-0.4, -0.2) is 74.3 Å². The molecule has 1 saturated heterocycles. The van der Waals surface area contributed by atoms with Crippen molar-refractivity contribution in [3.05, 3.63) is 0 Å². The van der Waals surface area contributed by atoms with Crippen molar-refractivity contribution in [1.82, 2.24) is 10.2 Å². The largest absolute Gasteiger partial charge is 0.394 e. The van der Waals surface area contributed by atoms with E-state index in [1.165, 1.54) is 0 Å². The van der Waals surface area contributed by atoms with Gasteiger partial charge in [-0.3, -0.25) is 4.90 Å². The van der Waals surface area contributed by atoms with Crippen LogP contribution in [0.15, 0.2) is 0 Å². The molecule has 1 aliphatic heterocycles. The van der Waals surface area contributed by atoms with Gasteiger partial charge in [-0.2, -0.15) is 0 Å². The zero-order valence-electron chi connectivity index (χ0n) is 12.3. The summed E-state index contributed by atoms with van der Waals surface area (Å²) in [6, 6.07) is 0.348. The van der Waals surface area contributed by atoms with E-state index < -0.39 is 0 Å². The second kappa shape index (κ2) is 6.82. The van der Waals surface area contributed by atoms with Gasteiger partial charge in [-0.15, -0.1) is 0 Å². The fourth-order valence-electron chi connectivity index (χ4n) is 2.73. The molecule has 108 valence electrons. The minimum atomic E-state index is -0.283. The van der Waals surface area contributed by atoms with Gasteiger partial charge in [0.1, 0.15) is 0 Å². The molecule has 0 spiro atoms. The lowest BCUT2D eigenvalue weighted by Crippen LogP contribution is -2.56. The summed E-state index contributed by atoms with van der Waals surface area (Å²) < 4.78 is 10.8. The van der Waals surface area contributed by atoms with Crippen LogP contribution in [0.5, 0.6) is 0 Å². The Morgan fingerprint density at radius 2 is 1.78 bits per heavy atom. The predicted octanol–water partition coefficient (Wildman–Crippen LogP) is 0.0810. The summed E-state index contributed by atoms with van der Waals surface area (Å²) >= 11 is 0. The molecule has 0 aromatic carbocycles. The molecule has 1 heterocycles. The van der Waals surface area contributed by atoms with Crippen molar-refractivity contribution in [2.45, 2.75) is 44.6 Å². The highest BCUT2D eigenvalue weighted by Gasteiger charge is 2.36. The van der Waals surface area contributed by atoms with Crippen LogP contribution in [0.3, 0.4) is 0 Å². The van der Waals surface area contributed by atoms with Gasteiger partial charge in [0.25, 0.3) is 0 Å². The van der Waals surface area contributed by atoms with Crippen molar-refractivity contribution >= 4 is 0 Å². The first kappa shape index (κ1) is 15.9. The second-order valence-corrected chi connectivity index (χ2v) is 5.76. The number of nitrogens with zero attached hydrogens (tertiary/aromatic N) is 1. The van der Waals surface area contributed by atoms with E-state index in [0.29, 0.717) is 6.04 Å². The van der Waals surface area contributed by atoms with Crippen LogP contribution in [0.25, 0.3) is 0 Å². The van der Waals surface area contributed by atoms with Crippen molar-refractivity contribution < 1.29 is 14.6 Å². The molecule has 1 rings (SSSR count). The van der Waals surface area contributed by atoms with Crippen LogP contribution >= 0.6 is 0 Å². The number of ether oxygens (including phenoxy) is 2. The average molecular weight is 260 g/mol. The first-order chi connectivity index (χ1) is 8.44. The van der Waals surface area contributed by atoms with Crippen molar-refractivity contribution in [2.24, 2.45) is 0 Å². The normalized spacial score (nSPS) is 28.8. The zero-order valence-corrected chi connectivity index (χ0v) is 12.3. The van der Waals surface area contributed by atoms with Crippen LogP contribution in [0.1, 0.15) is 20.8 Å². The maximum Gasteiger partial charge on any atom is 0.0971 e. The number of aliphatic hydroxyl groups excluding tert-OH is 1. The van der Waals surface area contributed by atoms with Gasteiger partial charge in [0, 0.05) is 39.9 Å². The van der Waals surface area contributed by atoms with Crippen molar-refractivity contribution in [1.29, 1.82) is 0 Å². The number of aliphatic hydroxyl groups is 1. The van der Waals surface area contributed by atoms with E-state index in [-0.39, 0.29) is 24.4 Å². The average Bonchev–Trinajstić information content (AvgIpc) is 2.69. The first-order valence-electron chi connectivity index (χ1n) is 6.60. The molecule has 5 heteroatoms. The Morgan fingerprint density at radius 1 is 1.28 bits per heavy atom. The number of rotatable bonds is 7. The van der Waals surface area contributed by atoms with Gasteiger partial charge in [-0.1, -0.05) is 13.8 Å². The topological polar surface area (TPSA) is 54.0 Å². The van der Waals surface area contributed by atoms with Gasteiger partial charge in [-0.25, -0.2) is 0 Å². The molecule has 0 bridgehead atoms. The molecule has 3 unspecified atom stereocenters. The number of methoxy groups -OCH3 is 2. The standard InChI is InChI=1S/C13H28N2O3/c1-10(2)14-13(3,9-16)8-15-6-11(17-4)12(7-15)18-5/h10-12,14,16H,6-9H2,1-5H3. The molecule has 1 aliphatic rings. The number of hydrogen-bond acceptors (Lipinski definition) is 5. The van der Waals surface area contributed by atoms with Gasteiger partial charge in [0.15, 0.2) is 0 Å². The molecule has 0 aliphatic carbocycles. The predicted molar refractivity (Wildman–Crippen MR) is 71.8 cm³/mol. The van der Waals surface area contributed by atoms with Crippen molar-refractivity contribution in [2.75, 3.05) is 40.5 Å². The zero-order chi connectivity index (χ0) is 13.8. The van der Waals surface area contributed by atoms with E-state index >= 15 is 0 Å². The third-order valence-electron chi connectivity index (χ3n) is 3.46. The lowest BCUT2D eigenvalue weighted by atomic mass is 10.0. The molecule has 2 N–H and O–H groups in total. The Bertz CT molecular complexity index is 238. The molecule has 0 saturated carbocycles. The van der Waals surface area contributed by atoms with Crippen LogP contribution in [0, 0.1) is 0 Å². The van der Waals surface area contributed by atoms with Crippen LogP contribution in [0.4, 0.5) is 0 Å². The maximum atomic E-state index is 9.59. The van der Waals surface area contributed by atoms with Crippen LogP contribution < -0.4 is 5.32 Å². The SMILES string of the molecule is COC1CN(CC(C)(CO)NC(C)C)CC1OC. The molecular formula is C13H28N2O3. The molecule has 0 aromatic rings. The summed E-state index contributed by atoms with van der Waals surface area (Å²) in [6.07, 6.45) is 0.244. The molecule has 5 nitrogen and oxygen atoms in total. The van der Waals surface area contributed by atoms with Gasteiger partial charge in [-0.05, 0) is 6.92 Å². The highest BCUT2D eigenvalue weighted by molar-refractivity contribution is 4.93. The first-order valence-corrected chi connectivity index (χ1v) is 6.60. The Balaban J connectivity index is 2.56. The Kier molecular flexibility index (Phi) is 6.01. The molecule has 18 heavy (non-hydrogen) atoms.